The van der Waals surface area contributed by atoms with Gasteiger partial charge in [0, 0.05) is 24.0 Å². The molecular weight excluding hydrogens is 216 g/mol. The second-order valence-electron chi connectivity index (χ2n) is 4.96. The number of benzene rings is 1. The Morgan fingerprint density at radius 2 is 2.12 bits per heavy atom. The Morgan fingerprint density at radius 3 is 2.76 bits per heavy atom. The lowest BCUT2D eigenvalue weighted by molar-refractivity contribution is 0.0425. The molecule has 3 rings (SSSR count). The van der Waals surface area contributed by atoms with Crippen molar-refractivity contribution in [2.75, 3.05) is 13.1 Å². The molecule has 2 heterocycles. The Kier molecular flexibility index (Phi) is 2.03. The Balaban J connectivity index is 1.87. The topological polar surface area (TPSA) is 59.5 Å². The summed E-state index contributed by atoms with van der Waals surface area (Å²) in [7, 11) is 0. The van der Waals surface area contributed by atoms with Crippen molar-refractivity contribution in [1.29, 1.82) is 0 Å². The number of hydrogen-bond donors (Lipinski definition) is 1. The highest BCUT2D eigenvalue weighted by Gasteiger charge is 2.39. The fourth-order valence-electron chi connectivity index (χ4n) is 2.21. The van der Waals surface area contributed by atoms with Crippen molar-refractivity contribution in [1.82, 2.24) is 4.90 Å². The number of amides is 1. The molecule has 4 nitrogen and oxygen atoms in total. The van der Waals surface area contributed by atoms with E-state index in [0.29, 0.717) is 18.8 Å². The quantitative estimate of drug-likeness (QED) is 0.809. The standard InChI is InChI=1S/C13H14N2O2/c1-13(14)7-15(8-13)12(16)11-6-9-4-2-3-5-10(9)17-11/h2-6H,7-8,14H2,1H3. The van der Waals surface area contributed by atoms with Gasteiger partial charge in [-0.3, -0.25) is 4.79 Å². The molecule has 17 heavy (non-hydrogen) atoms. The van der Waals surface area contributed by atoms with Crippen LogP contribution in [0.3, 0.4) is 0 Å². The third-order valence-corrected chi connectivity index (χ3v) is 3.03. The van der Waals surface area contributed by atoms with Crippen LogP contribution >= 0.6 is 0 Å². The number of carbonyl (C=O) groups is 1. The number of likely N-dealkylation sites (tertiary alicyclic amines) is 1. The highest BCUT2D eigenvalue weighted by atomic mass is 16.3. The van der Waals surface area contributed by atoms with Crippen LogP contribution in [0.25, 0.3) is 11.0 Å². The predicted octanol–water partition coefficient (Wildman–Crippen LogP) is 1.61. The van der Waals surface area contributed by atoms with Crippen LogP contribution in [0.5, 0.6) is 0 Å². The highest BCUT2D eigenvalue weighted by Crippen LogP contribution is 2.24. The summed E-state index contributed by atoms with van der Waals surface area (Å²) in [6.07, 6.45) is 0. The zero-order valence-corrected chi connectivity index (χ0v) is 9.64. The van der Waals surface area contributed by atoms with Gasteiger partial charge in [0.25, 0.3) is 5.91 Å². The molecule has 0 saturated carbocycles. The van der Waals surface area contributed by atoms with Crippen molar-refractivity contribution in [2.45, 2.75) is 12.5 Å². The van der Waals surface area contributed by atoms with Crippen LogP contribution < -0.4 is 5.73 Å². The maximum absolute atomic E-state index is 12.1. The molecule has 1 amide bonds. The molecule has 0 unspecified atom stereocenters. The fourth-order valence-corrected chi connectivity index (χ4v) is 2.21. The second kappa shape index (κ2) is 3.34. The van der Waals surface area contributed by atoms with Crippen LogP contribution in [0, 0.1) is 0 Å². The molecule has 0 aliphatic carbocycles. The van der Waals surface area contributed by atoms with E-state index in [1.165, 1.54) is 0 Å². The average Bonchev–Trinajstić information content (AvgIpc) is 2.68. The summed E-state index contributed by atoms with van der Waals surface area (Å²) < 4.78 is 5.52. The average molecular weight is 230 g/mol. The smallest absolute Gasteiger partial charge is 0.289 e. The van der Waals surface area contributed by atoms with Crippen LogP contribution in [-0.2, 0) is 0 Å². The predicted molar refractivity (Wildman–Crippen MR) is 64.7 cm³/mol. The molecule has 0 bridgehead atoms. The van der Waals surface area contributed by atoms with Gasteiger partial charge in [-0.15, -0.1) is 0 Å². The first-order valence-corrected chi connectivity index (χ1v) is 5.62. The number of para-hydroxylation sites is 1. The van der Waals surface area contributed by atoms with Crippen molar-refractivity contribution in [2.24, 2.45) is 5.73 Å². The number of nitrogens with two attached hydrogens (primary N) is 1. The summed E-state index contributed by atoms with van der Waals surface area (Å²) in [6.45, 7) is 3.11. The van der Waals surface area contributed by atoms with E-state index in [2.05, 4.69) is 0 Å². The summed E-state index contributed by atoms with van der Waals surface area (Å²) in [5.74, 6) is 0.311. The molecular formula is C13H14N2O2. The molecule has 4 heteroatoms. The van der Waals surface area contributed by atoms with E-state index in [0.717, 1.165) is 11.0 Å². The summed E-state index contributed by atoms with van der Waals surface area (Å²) in [6, 6.07) is 9.38. The molecule has 2 aromatic rings. The maximum atomic E-state index is 12.1. The van der Waals surface area contributed by atoms with Gasteiger partial charge in [-0.05, 0) is 19.1 Å². The first-order chi connectivity index (χ1) is 8.05. The SMILES string of the molecule is CC1(N)CN(C(=O)c2cc3ccccc3o2)C1. The van der Waals surface area contributed by atoms with E-state index in [1.54, 1.807) is 11.0 Å². The van der Waals surface area contributed by atoms with Crippen molar-refractivity contribution in [3.05, 3.63) is 36.1 Å². The molecule has 1 aromatic carbocycles. The fraction of sp³-hybridized carbons (Fsp3) is 0.308. The Morgan fingerprint density at radius 1 is 1.41 bits per heavy atom. The number of carbonyl (C=O) groups excluding carboxylic acids is 1. The summed E-state index contributed by atoms with van der Waals surface area (Å²) >= 11 is 0. The van der Waals surface area contributed by atoms with Crippen molar-refractivity contribution in [3.63, 3.8) is 0 Å². The second-order valence-corrected chi connectivity index (χ2v) is 4.96. The van der Waals surface area contributed by atoms with Gasteiger partial charge in [0.2, 0.25) is 0 Å². The van der Waals surface area contributed by atoms with Gasteiger partial charge in [-0.1, -0.05) is 18.2 Å². The number of hydrogen-bond acceptors (Lipinski definition) is 3. The van der Waals surface area contributed by atoms with Gasteiger partial charge in [0.1, 0.15) is 5.58 Å². The monoisotopic (exact) mass is 230 g/mol. The molecule has 1 saturated heterocycles. The maximum Gasteiger partial charge on any atom is 0.289 e. The zero-order valence-electron chi connectivity index (χ0n) is 9.64. The number of nitrogens with zero attached hydrogens (tertiary/aromatic N) is 1. The van der Waals surface area contributed by atoms with E-state index in [-0.39, 0.29) is 11.4 Å². The lowest BCUT2D eigenvalue weighted by Gasteiger charge is -2.44. The number of fused-ring (bicyclic) bond motifs is 1. The van der Waals surface area contributed by atoms with Crippen LogP contribution in [0.15, 0.2) is 34.7 Å². The van der Waals surface area contributed by atoms with Crippen LogP contribution in [0.2, 0.25) is 0 Å². The molecule has 1 aliphatic rings. The normalized spacial score (nSPS) is 18.1. The lowest BCUT2D eigenvalue weighted by Crippen LogP contribution is -2.66. The molecule has 1 fully saturated rings. The molecule has 0 radical (unpaired) electrons. The number of furan rings is 1. The van der Waals surface area contributed by atoms with E-state index in [1.807, 2.05) is 31.2 Å². The van der Waals surface area contributed by atoms with Gasteiger partial charge < -0.3 is 15.1 Å². The Bertz CT molecular complexity index is 545. The molecule has 1 aromatic heterocycles. The Labute approximate surface area is 99.0 Å². The van der Waals surface area contributed by atoms with Crippen LogP contribution in [-0.4, -0.2) is 29.4 Å². The summed E-state index contributed by atoms with van der Waals surface area (Å²) in [4.78, 5) is 13.8. The molecule has 88 valence electrons. The van der Waals surface area contributed by atoms with E-state index in [4.69, 9.17) is 10.2 Å². The van der Waals surface area contributed by atoms with Crippen molar-refractivity contribution < 1.29 is 9.21 Å². The zero-order chi connectivity index (χ0) is 12.0. The minimum absolute atomic E-state index is 0.0795. The third kappa shape index (κ3) is 1.70. The van der Waals surface area contributed by atoms with Crippen LogP contribution in [0.1, 0.15) is 17.5 Å². The van der Waals surface area contributed by atoms with Gasteiger partial charge in [0.05, 0.1) is 0 Å². The number of rotatable bonds is 1. The minimum atomic E-state index is -0.248. The first-order valence-electron chi connectivity index (χ1n) is 5.62. The molecule has 0 atom stereocenters. The third-order valence-electron chi connectivity index (χ3n) is 3.03. The van der Waals surface area contributed by atoms with E-state index < -0.39 is 0 Å². The van der Waals surface area contributed by atoms with Gasteiger partial charge in [-0.2, -0.15) is 0 Å². The summed E-state index contributed by atoms with van der Waals surface area (Å²) in [5, 5.41) is 0.951. The van der Waals surface area contributed by atoms with Crippen molar-refractivity contribution in [3.8, 4) is 0 Å². The lowest BCUT2D eigenvalue weighted by atomic mass is 9.93. The van der Waals surface area contributed by atoms with Gasteiger partial charge in [-0.25, -0.2) is 0 Å². The molecule has 1 aliphatic heterocycles. The summed E-state index contributed by atoms with van der Waals surface area (Å²) in [5.41, 5.74) is 6.37. The van der Waals surface area contributed by atoms with Crippen molar-refractivity contribution >= 4 is 16.9 Å². The Hall–Kier alpha value is -1.81. The molecule has 2 N–H and O–H groups in total. The largest absolute Gasteiger partial charge is 0.451 e. The van der Waals surface area contributed by atoms with E-state index >= 15 is 0 Å². The highest BCUT2D eigenvalue weighted by molar-refractivity contribution is 5.96. The van der Waals surface area contributed by atoms with Gasteiger partial charge >= 0.3 is 0 Å². The van der Waals surface area contributed by atoms with Gasteiger partial charge in [0.15, 0.2) is 5.76 Å². The van der Waals surface area contributed by atoms with Crippen LogP contribution in [0.4, 0.5) is 0 Å². The minimum Gasteiger partial charge on any atom is -0.451 e. The molecule has 0 spiro atoms. The first kappa shape index (κ1) is 10.4. The van der Waals surface area contributed by atoms with E-state index in [9.17, 15) is 4.79 Å².